The Kier molecular flexibility index (Phi) is 3.69. The molecule has 1 aliphatic rings. The molecular formula is C10H17N3OS. The first-order valence-electron chi connectivity index (χ1n) is 5.18. The van der Waals surface area contributed by atoms with Gasteiger partial charge in [-0.2, -0.15) is 0 Å². The molecule has 2 N–H and O–H groups in total. The quantitative estimate of drug-likeness (QED) is 0.827. The fraction of sp³-hybridized carbons (Fsp3) is 0.700. The van der Waals surface area contributed by atoms with Crippen LogP contribution in [0.4, 0.5) is 0 Å². The summed E-state index contributed by atoms with van der Waals surface area (Å²) in [4.78, 5) is 6.86. The molecule has 0 spiro atoms. The normalized spacial score (nSPS) is 22.4. The van der Waals surface area contributed by atoms with Crippen molar-refractivity contribution in [2.24, 2.45) is 5.73 Å². The molecule has 0 amide bonds. The van der Waals surface area contributed by atoms with E-state index in [0.717, 1.165) is 36.8 Å². The van der Waals surface area contributed by atoms with Crippen molar-refractivity contribution in [1.29, 1.82) is 0 Å². The summed E-state index contributed by atoms with van der Waals surface area (Å²) >= 11 is 1.66. The molecular weight excluding hydrogens is 210 g/mol. The van der Waals surface area contributed by atoms with Gasteiger partial charge < -0.3 is 10.5 Å². The first-order valence-corrected chi connectivity index (χ1v) is 6.06. The number of ether oxygens (including phenoxy) is 1. The summed E-state index contributed by atoms with van der Waals surface area (Å²) in [5.41, 5.74) is 6.99. The second-order valence-corrected chi connectivity index (χ2v) is 4.89. The van der Waals surface area contributed by atoms with E-state index < -0.39 is 0 Å². The Morgan fingerprint density at radius 1 is 1.73 bits per heavy atom. The molecule has 2 rings (SSSR count). The van der Waals surface area contributed by atoms with Gasteiger partial charge in [-0.1, -0.05) is 0 Å². The molecule has 0 bridgehead atoms. The first kappa shape index (κ1) is 11.0. The summed E-state index contributed by atoms with van der Waals surface area (Å²) in [6.07, 6.45) is 1.11. The van der Waals surface area contributed by atoms with Gasteiger partial charge in [0, 0.05) is 38.2 Å². The molecule has 1 aromatic rings. The van der Waals surface area contributed by atoms with E-state index in [4.69, 9.17) is 10.5 Å². The zero-order valence-corrected chi connectivity index (χ0v) is 9.80. The van der Waals surface area contributed by atoms with Gasteiger partial charge in [-0.25, -0.2) is 4.98 Å². The smallest absolute Gasteiger partial charge is 0.119 e. The van der Waals surface area contributed by atoms with Gasteiger partial charge in [-0.3, -0.25) is 4.90 Å². The van der Waals surface area contributed by atoms with Crippen LogP contribution < -0.4 is 5.73 Å². The monoisotopic (exact) mass is 227 g/mol. The summed E-state index contributed by atoms with van der Waals surface area (Å²) in [6, 6.07) is 0.349. The average Bonchev–Trinajstić information content (AvgIpc) is 2.78. The Balaban J connectivity index is 1.87. The Morgan fingerprint density at radius 2 is 2.60 bits per heavy atom. The second-order valence-electron chi connectivity index (χ2n) is 3.95. The SMILES string of the molecule is COCc1nc(CN2CCC(N)C2)cs1. The van der Waals surface area contributed by atoms with Crippen LogP contribution in [0, 0.1) is 0 Å². The number of likely N-dealkylation sites (tertiary alicyclic amines) is 1. The van der Waals surface area contributed by atoms with E-state index in [1.54, 1.807) is 18.4 Å². The van der Waals surface area contributed by atoms with Crippen molar-refractivity contribution >= 4 is 11.3 Å². The van der Waals surface area contributed by atoms with Crippen molar-refractivity contribution in [3.63, 3.8) is 0 Å². The van der Waals surface area contributed by atoms with Crippen molar-refractivity contribution < 1.29 is 4.74 Å². The Labute approximate surface area is 94.1 Å². The van der Waals surface area contributed by atoms with Gasteiger partial charge in [-0.05, 0) is 6.42 Å². The van der Waals surface area contributed by atoms with Crippen LogP contribution in [0.5, 0.6) is 0 Å². The molecule has 0 saturated carbocycles. The highest BCUT2D eigenvalue weighted by Gasteiger charge is 2.19. The lowest BCUT2D eigenvalue weighted by molar-refractivity contribution is 0.184. The van der Waals surface area contributed by atoms with Gasteiger partial charge in [0.25, 0.3) is 0 Å². The van der Waals surface area contributed by atoms with Crippen molar-refractivity contribution in [2.75, 3.05) is 20.2 Å². The van der Waals surface area contributed by atoms with Gasteiger partial charge in [0.1, 0.15) is 5.01 Å². The van der Waals surface area contributed by atoms with Gasteiger partial charge in [0.2, 0.25) is 0 Å². The van der Waals surface area contributed by atoms with Crippen molar-refractivity contribution in [3.8, 4) is 0 Å². The van der Waals surface area contributed by atoms with Crippen LogP contribution in [-0.2, 0) is 17.9 Å². The third-order valence-corrected chi connectivity index (χ3v) is 3.43. The van der Waals surface area contributed by atoms with Crippen LogP contribution in [0.2, 0.25) is 0 Å². The van der Waals surface area contributed by atoms with E-state index in [9.17, 15) is 0 Å². The number of hydrogen-bond acceptors (Lipinski definition) is 5. The highest BCUT2D eigenvalue weighted by molar-refractivity contribution is 7.09. The predicted molar refractivity (Wildman–Crippen MR) is 60.7 cm³/mol. The van der Waals surface area contributed by atoms with E-state index in [1.165, 1.54) is 0 Å². The molecule has 5 heteroatoms. The number of nitrogens with two attached hydrogens (primary N) is 1. The largest absolute Gasteiger partial charge is 0.378 e. The third-order valence-electron chi connectivity index (χ3n) is 2.56. The third kappa shape index (κ3) is 2.98. The van der Waals surface area contributed by atoms with Crippen LogP contribution in [-0.4, -0.2) is 36.1 Å². The van der Waals surface area contributed by atoms with Crippen molar-refractivity contribution in [2.45, 2.75) is 25.6 Å². The highest BCUT2D eigenvalue weighted by Crippen LogP contribution is 2.15. The summed E-state index contributed by atoms with van der Waals surface area (Å²) in [6.45, 7) is 3.63. The fourth-order valence-electron chi connectivity index (χ4n) is 1.85. The van der Waals surface area contributed by atoms with Crippen molar-refractivity contribution in [3.05, 3.63) is 16.1 Å². The van der Waals surface area contributed by atoms with E-state index in [-0.39, 0.29) is 0 Å². The first-order chi connectivity index (χ1) is 7.28. The molecule has 1 saturated heterocycles. The van der Waals surface area contributed by atoms with E-state index in [2.05, 4.69) is 15.3 Å². The van der Waals surface area contributed by atoms with Crippen LogP contribution in [0.15, 0.2) is 5.38 Å². The van der Waals surface area contributed by atoms with E-state index in [1.807, 2.05) is 0 Å². The maximum Gasteiger partial charge on any atom is 0.119 e. The number of aromatic nitrogens is 1. The topological polar surface area (TPSA) is 51.4 Å². The van der Waals surface area contributed by atoms with Crippen LogP contribution in [0.25, 0.3) is 0 Å². The van der Waals surface area contributed by atoms with Gasteiger partial charge in [0.05, 0.1) is 12.3 Å². The molecule has 0 aliphatic carbocycles. The maximum atomic E-state index is 5.85. The molecule has 1 unspecified atom stereocenters. The summed E-state index contributed by atoms with van der Waals surface area (Å²) in [7, 11) is 1.70. The lowest BCUT2D eigenvalue weighted by Gasteiger charge is -2.12. The summed E-state index contributed by atoms with van der Waals surface area (Å²) in [5, 5.41) is 3.16. The number of methoxy groups -OCH3 is 1. The Bertz CT molecular complexity index is 315. The van der Waals surface area contributed by atoms with Crippen LogP contribution in [0.3, 0.4) is 0 Å². The van der Waals surface area contributed by atoms with E-state index >= 15 is 0 Å². The number of rotatable bonds is 4. The number of nitrogens with zero attached hydrogens (tertiary/aromatic N) is 2. The minimum atomic E-state index is 0.349. The molecule has 2 heterocycles. The molecule has 15 heavy (non-hydrogen) atoms. The molecule has 4 nitrogen and oxygen atoms in total. The zero-order chi connectivity index (χ0) is 10.7. The summed E-state index contributed by atoms with van der Waals surface area (Å²) < 4.78 is 5.04. The lowest BCUT2D eigenvalue weighted by atomic mass is 10.3. The molecule has 0 aromatic carbocycles. The Morgan fingerprint density at radius 3 is 3.27 bits per heavy atom. The Hall–Kier alpha value is -0.490. The molecule has 1 aromatic heterocycles. The second kappa shape index (κ2) is 5.03. The minimum absolute atomic E-state index is 0.349. The maximum absolute atomic E-state index is 5.85. The lowest BCUT2D eigenvalue weighted by Crippen LogP contribution is -2.26. The van der Waals surface area contributed by atoms with E-state index in [0.29, 0.717) is 12.6 Å². The minimum Gasteiger partial charge on any atom is -0.378 e. The van der Waals surface area contributed by atoms with Crippen LogP contribution >= 0.6 is 11.3 Å². The van der Waals surface area contributed by atoms with Gasteiger partial charge in [-0.15, -0.1) is 11.3 Å². The fourth-order valence-corrected chi connectivity index (χ4v) is 2.60. The average molecular weight is 227 g/mol. The summed E-state index contributed by atoms with van der Waals surface area (Å²) in [5.74, 6) is 0. The predicted octanol–water partition coefficient (Wildman–Crippen LogP) is 0.823. The molecule has 84 valence electrons. The number of hydrogen-bond donors (Lipinski definition) is 1. The van der Waals surface area contributed by atoms with Gasteiger partial charge in [0.15, 0.2) is 0 Å². The standard InChI is InChI=1S/C10H17N3OS/c1-14-6-10-12-9(7-15-10)5-13-3-2-8(11)4-13/h7-8H,2-6,11H2,1H3. The molecule has 1 atom stereocenters. The zero-order valence-electron chi connectivity index (χ0n) is 8.98. The molecule has 0 radical (unpaired) electrons. The van der Waals surface area contributed by atoms with Gasteiger partial charge >= 0.3 is 0 Å². The van der Waals surface area contributed by atoms with Crippen LogP contribution in [0.1, 0.15) is 17.1 Å². The molecule has 1 aliphatic heterocycles. The number of thiazole rings is 1. The highest BCUT2D eigenvalue weighted by atomic mass is 32.1. The molecule has 1 fully saturated rings. The van der Waals surface area contributed by atoms with Crippen molar-refractivity contribution in [1.82, 2.24) is 9.88 Å².